The molecule has 1 amide bonds. The molecule has 2 aromatic carbocycles. The molecule has 0 unspecified atom stereocenters. The van der Waals surface area contributed by atoms with Crippen molar-refractivity contribution >= 4 is 11.7 Å². The highest BCUT2D eigenvalue weighted by Gasteiger charge is 2.26. The number of aryl methyl sites for hydroxylation is 2. The normalized spacial score (nSPS) is 14.1. The lowest BCUT2D eigenvalue weighted by Gasteiger charge is -2.36. The lowest BCUT2D eigenvalue weighted by atomic mass is 10.0. The summed E-state index contributed by atoms with van der Waals surface area (Å²) in [4.78, 5) is 25.7. The van der Waals surface area contributed by atoms with E-state index in [2.05, 4.69) is 14.9 Å². The molecule has 5 nitrogen and oxygen atoms in total. The molecule has 2 heterocycles. The second kappa shape index (κ2) is 8.79. The van der Waals surface area contributed by atoms with Crippen LogP contribution in [0, 0.1) is 25.5 Å². The summed E-state index contributed by atoms with van der Waals surface area (Å²) in [5.74, 6) is 0.403. The van der Waals surface area contributed by atoms with E-state index in [9.17, 15) is 13.6 Å². The van der Waals surface area contributed by atoms with Gasteiger partial charge in [0.2, 0.25) is 0 Å². The molecule has 0 aliphatic carbocycles. The summed E-state index contributed by atoms with van der Waals surface area (Å²) in [7, 11) is 0. The molecule has 1 aromatic heterocycles. The topological polar surface area (TPSA) is 49.3 Å². The Labute approximate surface area is 180 Å². The Bertz CT molecular complexity index is 1110. The molecule has 4 rings (SSSR count). The summed E-state index contributed by atoms with van der Waals surface area (Å²) in [6.45, 7) is 5.87. The SMILES string of the molecule is Cc1nc(C)c(Cc2cccc(F)c2)c(N2CCN(C(=O)c3ccccc3F)CC2)n1. The van der Waals surface area contributed by atoms with Crippen LogP contribution in [0.2, 0.25) is 0 Å². The highest BCUT2D eigenvalue weighted by atomic mass is 19.1. The Hall–Kier alpha value is -3.35. The number of amides is 1. The van der Waals surface area contributed by atoms with Gasteiger partial charge in [0, 0.05) is 43.9 Å². The van der Waals surface area contributed by atoms with Crippen LogP contribution in [-0.2, 0) is 6.42 Å². The van der Waals surface area contributed by atoms with Gasteiger partial charge in [-0.2, -0.15) is 0 Å². The first-order chi connectivity index (χ1) is 14.9. The molecule has 1 aliphatic heterocycles. The first kappa shape index (κ1) is 20.9. The van der Waals surface area contributed by atoms with Gasteiger partial charge < -0.3 is 9.80 Å². The number of aromatic nitrogens is 2. The summed E-state index contributed by atoms with van der Waals surface area (Å²) in [6, 6.07) is 12.6. The number of carbonyl (C=O) groups is 1. The van der Waals surface area contributed by atoms with Gasteiger partial charge in [0.05, 0.1) is 5.56 Å². The largest absolute Gasteiger partial charge is 0.353 e. The zero-order chi connectivity index (χ0) is 22.0. The molecule has 0 atom stereocenters. The van der Waals surface area contributed by atoms with Crippen LogP contribution >= 0.6 is 0 Å². The van der Waals surface area contributed by atoms with Gasteiger partial charge in [-0.25, -0.2) is 18.7 Å². The fourth-order valence-corrected chi connectivity index (χ4v) is 3.96. The van der Waals surface area contributed by atoms with Crippen LogP contribution in [-0.4, -0.2) is 47.0 Å². The minimum Gasteiger partial charge on any atom is -0.353 e. The van der Waals surface area contributed by atoms with Crippen LogP contribution in [0.25, 0.3) is 0 Å². The Morgan fingerprint density at radius 3 is 2.42 bits per heavy atom. The molecule has 1 fully saturated rings. The second-order valence-electron chi connectivity index (χ2n) is 7.72. The fraction of sp³-hybridized carbons (Fsp3) is 0.292. The average Bonchev–Trinajstić information content (AvgIpc) is 2.75. The molecule has 1 saturated heterocycles. The number of piperazine rings is 1. The third kappa shape index (κ3) is 4.55. The zero-order valence-electron chi connectivity index (χ0n) is 17.6. The van der Waals surface area contributed by atoms with Crippen molar-refractivity contribution in [2.45, 2.75) is 20.3 Å². The predicted molar refractivity (Wildman–Crippen MR) is 115 cm³/mol. The smallest absolute Gasteiger partial charge is 0.256 e. The Kier molecular flexibility index (Phi) is 5.93. The fourth-order valence-electron chi connectivity index (χ4n) is 3.96. The van der Waals surface area contributed by atoms with Gasteiger partial charge in [0.25, 0.3) is 5.91 Å². The second-order valence-corrected chi connectivity index (χ2v) is 7.72. The van der Waals surface area contributed by atoms with Crippen LogP contribution < -0.4 is 4.90 Å². The van der Waals surface area contributed by atoms with Crippen LogP contribution in [0.4, 0.5) is 14.6 Å². The number of benzene rings is 2. The van der Waals surface area contributed by atoms with Gasteiger partial charge in [-0.15, -0.1) is 0 Å². The number of halogens is 2. The third-order valence-electron chi connectivity index (χ3n) is 5.54. The number of carbonyl (C=O) groups excluding carboxylic acids is 1. The van der Waals surface area contributed by atoms with E-state index in [1.807, 2.05) is 19.9 Å². The summed E-state index contributed by atoms with van der Waals surface area (Å²) < 4.78 is 27.7. The minimum absolute atomic E-state index is 0.0940. The quantitative estimate of drug-likeness (QED) is 0.639. The van der Waals surface area contributed by atoms with Crippen molar-refractivity contribution in [1.29, 1.82) is 0 Å². The Morgan fingerprint density at radius 1 is 0.968 bits per heavy atom. The first-order valence-electron chi connectivity index (χ1n) is 10.3. The van der Waals surface area contributed by atoms with Gasteiger partial charge >= 0.3 is 0 Å². The van der Waals surface area contributed by atoms with E-state index in [-0.39, 0.29) is 17.3 Å². The van der Waals surface area contributed by atoms with Crippen LogP contribution in [0.15, 0.2) is 48.5 Å². The molecular formula is C24H24F2N4O. The van der Waals surface area contributed by atoms with E-state index in [1.54, 1.807) is 23.1 Å². The lowest BCUT2D eigenvalue weighted by molar-refractivity contribution is 0.0741. The molecule has 0 bridgehead atoms. The van der Waals surface area contributed by atoms with E-state index in [0.717, 1.165) is 22.6 Å². The first-order valence-corrected chi connectivity index (χ1v) is 10.3. The van der Waals surface area contributed by atoms with Crippen molar-refractivity contribution < 1.29 is 13.6 Å². The Morgan fingerprint density at radius 2 is 1.71 bits per heavy atom. The molecule has 1 aliphatic rings. The van der Waals surface area contributed by atoms with Crippen molar-refractivity contribution in [3.8, 4) is 0 Å². The molecular weight excluding hydrogens is 398 g/mol. The van der Waals surface area contributed by atoms with Gasteiger partial charge in [-0.1, -0.05) is 24.3 Å². The highest BCUT2D eigenvalue weighted by molar-refractivity contribution is 5.94. The lowest BCUT2D eigenvalue weighted by Crippen LogP contribution is -2.49. The summed E-state index contributed by atoms with van der Waals surface area (Å²) in [6.07, 6.45) is 0.521. The van der Waals surface area contributed by atoms with E-state index >= 15 is 0 Å². The summed E-state index contributed by atoms with van der Waals surface area (Å²) >= 11 is 0. The maximum atomic E-state index is 14.0. The van der Waals surface area contributed by atoms with Crippen LogP contribution in [0.1, 0.15) is 33.0 Å². The number of hydrogen-bond acceptors (Lipinski definition) is 4. The maximum absolute atomic E-state index is 14.0. The number of anilines is 1. The maximum Gasteiger partial charge on any atom is 0.256 e. The number of nitrogens with zero attached hydrogens (tertiary/aromatic N) is 4. The number of rotatable bonds is 4. The standard InChI is InChI=1S/C24H24F2N4O/c1-16-21(15-18-6-5-7-19(25)14-18)23(28-17(2)27-16)29-10-12-30(13-11-29)24(31)20-8-3-4-9-22(20)26/h3-9,14H,10-13,15H2,1-2H3. The minimum atomic E-state index is -0.505. The summed E-state index contributed by atoms with van der Waals surface area (Å²) in [5, 5.41) is 0. The van der Waals surface area contributed by atoms with Crippen molar-refractivity contribution in [2.24, 2.45) is 0 Å². The van der Waals surface area contributed by atoms with E-state index in [0.29, 0.717) is 38.4 Å². The third-order valence-corrected chi connectivity index (χ3v) is 5.54. The highest BCUT2D eigenvalue weighted by Crippen LogP contribution is 2.26. The molecule has 7 heteroatoms. The van der Waals surface area contributed by atoms with Crippen molar-refractivity contribution in [3.63, 3.8) is 0 Å². The monoisotopic (exact) mass is 422 g/mol. The summed E-state index contributed by atoms with van der Waals surface area (Å²) in [5.41, 5.74) is 2.75. The van der Waals surface area contributed by atoms with Crippen LogP contribution in [0.5, 0.6) is 0 Å². The van der Waals surface area contributed by atoms with Crippen molar-refractivity contribution in [3.05, 3.63) is 88.4 Å². The predicted octanol–water partition coefficient (Wildman–Crippen LogP) is 3.92. The van der Waals surface area contributed by atoms with E-state index in [4.69, 9.17) is 0 Å². The van der Waals surface area contributed by atoms with Crippen molar-refractivity contribution in [2.75, 3.05) is 31.1 Å². The van der Waals surface area contributed by atoms with Crippen LogP contribution in [0.3, 0.4) is 0 Å². The molecule has 0 saturated carbocycles. The van der Waals surface area contributed by atoms with Gasteiger partial charge in [-0.3, -0.25) is 4.79 Å². The molecule has 160 valence electrons. The van der Waals surface area contributed by atoms with Crippen molar-refractivity contribution in [1.82, 2.24) is 14.9 Å². The number of hydrogen-bond donors (Lipinski definition) is 0. The molecule has 0 spiro atoms. The van der Waals surface area contributed by atoms with Gasteiger partial charge in [0.15, 0.2) is 0 Å². The Balaban J connectivity index is 1.54. The van der Waals surface area contributed by atoms with E-state index < -0.39 is 5.82 Å². The van der Waals surface area contributed by atoms with Gasteiger partial charge in [0.1, 0.15) is 23.3 Å². The average molecular weight is 422 g/mol. The molecule has 0 radical (unpaired) electrons. The van der Waals surface area contributed by atoms with E-state index in [1.165, 1.54) is 24.3 Å². The van der Waals surface area contributed by atoms with Gasteiger partial charge in [-0.05, 0) is 43.7 Å². The molecule has 0 N–H and O–H groups in total. The zero-order valence-corrected chi connectivity index (χ0v) is 17.6. The molecule has 31 heavy (non-hydrogen) atoms. The molecule has 3 aromatic rings.